The molecule has 136 valence electrons. The van der Waals surface area contributed by atoms with Crippen molar-refractivity contribution in [3.63, 3.8) is 0 Å². The van der Waals surface area contributed by atoms with E-state index in [0.29, 0.717) is 22.9 Å². The van der Waals surface area contributed by atoms with Crippen LogP contribution in [0, 0.1) is 13.8 Å². The van der Waals surface area contributed by atoms with Gasteiger partial charge in [-0.3, -0.25) is 0 Å². The van der Waals surface area contributed by atoms with Crippen LogP contribution in [0.5, 0.6) is 0 Å². The molecule has 1 aromatic carbocycles. The maximum absolute atomic E-state index is 5.79. The molecule has 0 amide bonds. The van der Waals surface area contributed by atoms with Crippen molar-refractivity contribution in [1.29, 1.82) is 0 Å². The van der Waals surface area contributed by atoms with E-state index < -0.39 is 0 Å². The van der Waals surface area contributed by atoms with Crippen LogP contribution >= 0.6 is 11.8 Å². The molecule has 1 atom stereocenters. The van der Waals surface area contributed by atoms with Gasteiger partial charge in [0, 0.05) is 19.7 Å². The molecule has 26 heavy (non-hydrogen) atoms. The van der Waals surface area contributed by atoms with Gasteiger partial charge in [-0.05, 0) is 44.0 Å². The first-order valence-electron chi connectivity index (χ1n) is 8.10. The predicted octanol–water partition coefficient (Wildman–Crippen LogP) is 3.04. The summed E-state index contributed by atoms with van der Waals surface area (Å²) >= 11 is 1.38. The molecular formula is C17H21N7OS. The monoisotopic (exact) mass is 371 g/mol. The maximum atomic E-state index is 5.79. The minimum absolute atomic E-state index is 0.118. The Balaban J connectivity index is 1.79. The summed E-state index contributed by atoms with van der Waals surface area (Å²) in [7, 11) is 3.70. The summed E-state index contributed by atoms with van der Waals surface area (Å²) in [6, 6.07) is 6.06. The molecule has 0 fully saturated rings. The predicted molar refractivity (Wildman–Crippen MR) is 102 cm³/mol. The smallest absolute Gasteiger partial charge is 0.277 e. The molecule has 8 nitrogen and oxygen atoms in total. The number of nitrogens with two attached hydrogens (primary N) is 1. The Bertz CT molecular complexity index is 925. The maximum Gasteiger partial charge on any atom is 0.277 e. The zero-order valence-electron chi connectivity index (χ0n) is 15.4. The number of benzene rings is 1. The highest BCUT2D eigenvalue weighted by Crippen LogP contribution is 2.34. The quantitative estimate of drug-likeness (QED) is 0.677. The lowest BCUT2D eigenvalue weighted by molar-refractivity contribution is 0.465. The molecule has 2 N–H and O–H groups in total. The van der Waals surface area contributed by atoms with Crippen LogP contribution in [0.2, 0.25) is 0 Å². The molecule has 0 unspecified atom stereocenters. The Morgan fingerprint density at radius 1 is 1.08 bits per heavy atom. The van der Waals surface area contributed by atoms with Crippen molar-refractivity contribution in [2.45, 2.75) is 31.2 Å². The second-order valence-corrected chi connectivity index (χ2v) is 7.47. The van der Waals surface area contributed by atoms with Crippen molar-refractivity contribution >= 4 is 23.7 Å². The van der Waals surface area contributed by atoms with Crippen LogP contribution < -0.4 is 10.6 Å². The second-order valence-electron chi connectivity index (χ2n) is 6.18. The van der Waals surface area contributed by atoms with Gasteiger partial charge in [-0.1, -0.05) is 17.8 Å². The third-order valence-corrected chi connectivity index (χ3v) is 4.79. The van der Waals surface area contributed by atoms with Gasteiger partial charge in [0.15, 0.2) is 0 Å². The molecule has 0 aliphatic heterocycles. The zero-order valence-corrected chi connectivity index (χ0v) is 16.2. The van der Waals surface area contributed by atoms with Gasteiger partial charge in [0.05, 0.1) is 5.25 Å². The molecule has 9 heteroatoms. The fraction of sp³-hybridized carbons (Fsp3) is 0.353. The standard InChI is InChI=1S/C17H21N7OS/c1-9-6-7-12(8-10(9)2)14-22-23-17(25-14)26-11(3)13-19-15(18)21-16(20-13)24(4)5/h6-8,11H,1-5H3,(H2,18,19,20,21)/t11-/m1/s1. The van der Waals surface area contributed by atoms with Gasteiger partial charge in [-0.15, -0.1) is 10.2 Å². The van der Waals surface area contributed by atoms with E-state index in [1.165, 1.54) is 22.9 Å². The van der Waals surface area contributed by atoms with Crippen molar-refractivity contribution in [2.24, 2.45) is 0 Å². The summed E-state index contributed by atoms with van der Waals surface area (Å²) < 4.78 is 5.79. The first-order chi connectivity index (χ1) is 12.3. The van der Waals surface area contributed by atoms with Gasteiger partial charge in [0.1, 0.15) is 5.82 Å². The number of thioether (sulfide) groups is 1. The van der Waals surface area contributed by atoms with Crippen molar-refractivity contribution < 1.29 is 4.42 Å². The van der Waals surface area contributed by atoms with E-state index in [2.05, 4.69) is 39.0 Å². The molecule has 0 bridgehead atoms. The van der Waals surface area contributed by atoms with Gasteiger partial charge in [-0.2, -0.15) is 15.0 Å². The number of aromatic nitrogens is 5. The molecule has 0 aliphatic rings. The van der Waals surface area contributed by atoms with Gasteiger partial charge >= 0.3 is 0 Å². The molecule has 0 aliphatic carbocycles. The summed E-state index contributed by atoms with van der Waals surface area (Å²) in [4.78, 5) is 14.5. The molecule has 2 aromatic heterocycles. The fourth-order valence-electron chi connectivity index (χ4n) is 2.23. The van der Waals surface area contributed by atoms with Crippen molar-refractivity contribution in [1.82, 2.24) is 25.1 Å². The first kappa shape index (κ1) is 18.1. The average Bonchev–Trinajstić information content (AvgIpc) is 3.05. The minimum atomic E-state index is -0.118. The third-order valence-electron chi connectivity index (χ3n) is 3.86. The second kappa shape index (κ2) is 7.28. The molecule has 0 spiro atoms. The molecule has 0 radical (unpaired) electrons. The minimum Gasteiger partial charge on any atom is -0.411 e. The summed E-state index contributed by atoms with van der Waals surface area (Å²) in [5.41, 5.74) is 9.09. The Kier molecular flexibility index (Phi) is 5.08. The zero-order chi connectivity index (χ0) is 18.8. The third kappa shape index (κ3) is 3.93. The lowest BCUT2D eigenvalue weighted by Crippen LogP contribution is -2.16. The molecule has 3 rings (SSSR count). The van der Waals surface area contributed by atoms with Crippen LogP contribution in [-0.2, 0) is 0 Å². The highest BCUT2D eigenvalue weighted by molar-refractivity contribution is 7.99. The van der Waals surface area contributed by atoms with E-state index in [9.17, 15) is 0 Å². The summed E-state index contributed by atoms with van der Waals surface area (Å²) in [5, 5.41) is 8.60. The lowest BCUT2D eigenvalue weighted by Gasteiger charge is -2.13. The van der Waals surface area contributed by atoms with Crippen LogP contribution in [0.15, 0.2) is 27.8 Å². The summed E-state index contributed by atoms with van der Waals surface area (Å²) in [6.07, 6.45) is 0. The Morgan fingerprint density at radius 3 is 2.54 bits per heavy atom. The molecule has 0 saturated heterocycles. The van der Waals surface area contributed by atoms with Crippen LogP contribution in [0.1, 0.15) is 29.1 Å². The van der Waals surface area contributed by atoms with Gasteiger partial charge in [0.2, 0.25) is 17.8 Å². The highest BCUT2D eigenvalue weighted by atomic mass is 32.2. The number of hydrogen-bond acceptors (Lipinski definition) is 9. The number of aryl methyl sites for hydroxylation is 2. The number of anilines is 2. The number of rotatable bonds is 5. The first-order valence-corrected chi connectivity index (χ1v) is 8.98. The van der Waals surface area contributed by atoms with E-state index in [0.717, 1.165) is 5.56 Å². The molecular weight excluding hydrogens is 350 g/mol. The SMILES string of the molecule is Cc1ccc(-c2nnc(S[C@H](C)c3nc(N)nc(N(C)C)n3)o2)cc1C. The molecule has 0 saturated carbocycles. The lowest BCUT2D eigenvalue weighted by atomic mass is 10.1. The van der Waals surface area contributed by atoms with E-state index in [4.69, 9.17) is 10.2 Å². The molecule has 2 heterocycles. The van der Waals surface area contributed by atoms with E-state index in [1.54, 1.807) is 4.90 Å². The molecule has 3 aromatic rings. The van der Waals surface area contributed by atoms with Crippen molar-refractivity contribution in [3.8, 4) is 11.5 Å². The topological polar surface area (TPSA) is 107 Å². The summed E-state index contributed by atoms with van der Waals surface area (Å²) in [6.45, 7) is 6.08. The highest BCUT2D eigenvalue weighted by Gasteiger charge is 2.18. The van der Waals surface area contributed by atoms with Crippen molar-refractivity contribution in [3.05, 3.63) is 35.2 Å². The fourth-order valence-corrected chi connectivity index (χ4v) is 2.96. The van der Waals surface area contributed by atoms with Crippen molar-refractivity contribution in [2.75, 3.05) is 24.7 Å². The Morgan fingerprint density at radius 2 is 1.85 bits per heavy atom. The average molecular weight is 371 g/mol. The van der Waals surface area contributed by atoms with E-state index in [-0.39, 0.29) is 11.2 Å². The number of hydrogen-bond donors (Lipinski definition) is 1. The normalized spacial score (nSPS) is 12.2. The Labute approximate surface area is 156 Å². The largest absolute Gasteiger partial charge is 0.411 e. The van der Waals surface area contributed by atoms with E-state index in [1.807, 2.05) is 39.2 Å². The van der Waals surface area contributed by atoms with Gasteiger partial charge < -0.3 is 15.1 Å². The number of nitrogens with zero attached hydrogens (tertiary/aromatic N) is 6. The van der Waals surface area contributed by atoms with Crippen LogP contribution in [-0.4, -0.2) is 39.2 Å². The van der Waals surface area contributed by atoms with Crippen LogP contribution in [0.4, 0.5) is 11.9 Å². The van der Waals surface area contributed by atoms with E-state index >= 15 is 0 Å². The van der Waals surface area contributed by atoms with Gasteiger partial charge in [0.25, 0.3) is 5.22 Å². The van der Waals surface area contributed by atoms with Crippen LogP contribution in [0.3, 0.4) is 0 Å². The summed E-state index contributed by atoms with van der Waals surface area (Å²) in [5.74, 6) is 1.76. The Hall–Kier alpha value is -2.68. The van der Waals surface area contributed by atoms with Gasteiger partial charge in [-0.25, -0.2) is 0 Å². The number of nitrogen functional groups attached to an aromatic ring is 1. The van der Waals surface area contributed by atoms with Crippen LogP contribution in [0.25, 0.3) is 11.5 Å².